The summed E-state index contributed by atoms with van der Waals surface area (Å²) < 4.78 is 0. The molecular formula is C15H31OS. The van der Waals surface area contributed by atoms with Crippen LogP contribution in [0.2, 0.25) is 0 Å². The van der Waals surface area contributed by atoms with Gasteiger partial charge in [0.05, 0.1) is 6.61 Å². The summed E-state index contributed by atoms with van der Waals surface area (Å²) in [6, 6.07) is 0. The molecule has 103 valence electrons. The monoisotopic (exact) mass is 259 g/mol. The minimum atomic E-state index is 0.0719. The van der Waals surface area contributed by atoms with E-state index in [2.05, 4.69) is 6.92 Å². The SMILES string of the molecule is CCCCCCCCCCCCSC(C)C[O]. The van der Waals surface area contributed by atoms with E-state index in [1.165, 1.54) is 70.0 Å². The van der Waals surface area contributed by atoms with Crippen LogP contribution in [0.1, 0.15) is 78.1 Å². The number of rotatable bonds is 13. The maximum atomic E-state index is 10.5. The van der Waals surface area contributed by atoms with Gasteiger partial charge in [0.2, 0.25) is 0 Å². The average molecular weight is 259 g/mol. The quantitative estimate of drug-likeness (QED) is 0.402. The zero-order valence-corrected chi connectivity index (χ0v) is 12.7. The maximum Gasteiger partial charge on any atom is 0.0938 e. The summed E-state index contributed by atoms with van der Waals surface area (Å²) in [5, 5.41) is 10.8. The Hall–Kier alpha value is 0.310. The highest BCUT2D eigenvalue weighted by Crippen LogP contribution is 2.15. The molecule has 0 bridgehead atoms. The second kappa shape index (κ2) is 14.4. The van der Waals surface area contributed by atoms with Crippen LogP contribution >= 0.6 is 11.8 Å². The van der Waals surface area contributed by atoms with Gasteiger partial charge in [0.25, 0.3) is 0 Å². The molecule has 1 atom stereocenters. The van der Waals surface area contributed by atoms with Gasteiger partial charge in [-0.15, -0.1) is 0 Å². The summed E-state index contributed by atoms with van der Waals surface area (Å²) in [7, 11) is 0. The molecule has 0 spiro atoms. The van der Waals surface area contributed by atoms with Gasteiger partial charge in [0.1, 0.15) is 0 Å². The Morgan fingerprint density at radius 2 is 1.29 bits per heavy atom. The van der Waals surface area contributed by atoms with E-state index in [4.69, 9.17) is 0 Å². The van der Waals surface area contributed by atoms with Crippen molar-refractivity contribution in [2.75, 3.05) is 12.4 Å². The van der Waals surface area contributed by atoms with E-state index in [1.807, 2.05) is 18.7 Å². The van der Waals surface area contributed by atoms with Gasteiger partial charge < -0.3 is 0 Å². The van der Waals surface area contributed by atoms with Crippen LogP contribution in [0.4, 0.5) is 0 Å². The molecule has 0 fully saturated rings. The number of thioether (sulfide) groups is 1. The Balaban J connectivity index is 2.94. The molecule has 0 aliphatic heterocycles. The van der Waals surface area contributed by atoms with Crippen molar-refractivity contribution in [1.29, 1.82) is 0 Å². The summed E-state index contributed by atoms with van der Waals surface area (Å²) in [5.41, 5.74) is 0. The van der Waals surface area contributed by atoms with E-state index in [9.17, 15) is 5.11 Å². The molecular weight excluding hydrogens is 228 g/mol. The van der Waals surface area contributed by atoms with Crippen molar-refractivity contribution in [1.82, 2.24) is 0 Å². The fourth-order valence-corrected chi connectivity index (χ4v) is 2.79. The van der Waals surface area contributed by atoms with Gasteiger partial charge in [-0.3, -0.25) is 0 Å². The van der Waals surface area contributed by atoms with Crippen molar-refractivity contribution in [2.45, 2.75) is 83.3 Å². The highest BCUT2D eigenvalue weighted by molar-refractivity contribution is 7.99. The fraction of sp³-hybridized carbons (Fsp3) is 1.00. The standard InChI is InChI=1S/C15H31OS/c1-3-4-5-6-7-8-9-10-11-12-13-17-15(2)14-16/h15H,3-14H2,1-2H3. The van der Waals surface area contributed by atoms with Crippen molar-refractivity contribution in [3.8, 4) is 0 Å². The van der Waals surface area contributed by atoms with Gasteiger partial charge in [-0.2, -0.15) is 11.8 Å². The predicted octanol–water partition coefficient (Wildman–Crippen LogP) is 5.46. The summed E-state index contributed by atoms with van der Waals surface area (Å²) in [6.45, 7) is 4.38. The first kappa shape index (κ1) is 17.3. The molecule has 0 saturated carbocycles. The minimum Gasteiger partial charge on any atom is -0.236 e. The fourth-order valence-electron chi connectivity index (χ4n) is 1.92. The lowest BCUT2D eigenvalue weighted by molar-refractivity contribution is 0.198. The summed E-state index contributed by atoms with van der Waals surface area (Å²) in [6.07, 6.45) is 13.9. The molecule has 2 heteroatoms. The van der Waals surface area contributed by atoms with Gasteiger partial charge >= 0.3 is 0 Å². The first-order chi connectivity index (χ1) is 8.31. The average Bonchev–Trinajstić information content (AvgIpc) is 2.35. The molecule has 0 heterocycles. The molecule has 0 aliphatic carbocycles. The van der Waals surface area contributed by atoms with E-state index >= 15 is 0 Å². The van der Waals surface area contributed by atoms with Crippen LogP contribution in [0, 0.1) is 0 Å². The highest BCUT2D eigenvalue weighted by atomic mass is 32.2. The van der Waals surface area contributed by atoms with Crippen LogP contribution in [-0.2, 0) is 5.11 Å². The second-order valence-electron chi connectivity index (χ2n) is 5.03. The van der Waals surface area contributed by atoms with Gasteiger partial charge in [-0.1, -0.05) is 71.6 Å². The van der Waals surface area contributed by atoms with Crippen molar-refractivity contribution >= 4 is 11.8 Å². The first-order valence-electron chi connectivity index (χ1n) is 7.51. The van der Waals surface area contributed by atoms with E-state index in [-0.39, 0.29) is 6.61 Å². The molecule has 0 aliphatic rings. The lowest BCUT2D eigenvalue weighted by Crippen LogP contribution is -2.01. The lowest BCUT2D eigenvalue weighted by Gasteiger charge is -2.06. The van der Waals surface area contributed by atoms with Crippen LogP contribution in [0.15, 0.2) is 0 Å². The molecule has 0 saturated heterocycles. The van der Waals surface area contributed by atoms with Crippen LogP contribution in [0.5, 0.6) is 0 Å². The third kappa shape index (κ3) is 14.2. The molecule has 0 aromatic rings. The molecule has 17 heavy (non-hydrogen) atoms. The smallest absolute Gasteiger partial charge is 0.0938 e. The van der Waals surface area contributed by atoms with Crippen LogP contribution in [-0.4, -0.2) is 17.6 Å². The summed E-state index contributed by atoms with van der Waals surface area (Å²) in [4.78, 5) is 0. The number of hydrogen-bond acceptors (Lipinski definition) is 1. The van der Waals surface area contributed by atoms with E-state index in [0.717, 1.165) is 0 Å². The Morgan fingerprint density at radius 1 is 0.824 bits per heavy atom. The molecule has 0 rings (SSSR count). The lowest BCUT2D eigenvalue weighted by atomic mass is 10.1. The molecule has 0 N–H and O–H groups in total. The van der Waals surface area contributed by atoms with Gasteiger partial charge in [0.15, 0.2) is 0 Å². The van der Waals surface area contributed by atoms with E-state index < -0.39 is 0 Å². The highest BCUT2D eigenvalue weighted by Gasteiger charge is 2.00. The zero-order chi connectivity index (χ0) is 12.8. The topological polar surface area (TPSA) is 19.9 Å². The van der Waals surface area contributed by atoms with E-state index in [1.54, 1.807) is 0 Å². The summed E-state index contributed by atoms with van der Waals surface area (Å²) in [5.74, 6) is 1.18. The normalized spacial score (nSPS) is 12.9. The Labute approximate surface area is 113 Å². The first-order valence-corrected chi connectivity index (χ1v) is 8.55. The van der Waals surface area contributed by atoms with Gasteiger partial charge in [0, 0.05) is 5.25 Å². The molecule has 0 aromatic carbocycles. The zero-order valence-electron chi connectivity index (χ0n) is 11.9. The third-order valence-corrected chi connectivity index (χ3v) is 4.36. The molecule has 0 aromatic heterocycles. The van der Waals surface area contributed by atoms with Crippen molar-refractivity contribution in [3.63, 3.8) is 0 Å². The summed E-state index contributed by atoms with van der Waals surface area (Å²) >= 11 is 1.84. The van der Waals surface area contributed by atoms with E-state index in [0.29, 0.717) is 5.25 Å². The number of unbranched alkanes of at least 4 members (excludes halogenated alkanes) is 9. The number of hydrogen-bond donors (Lipinski definition) is 0. The van der Waals surface area contributed by atoms with Crippen LogP contribution in [0.25, 0.3) is 0 Å². The van der Waals surface area contributed by atoms with Crippen molar-refractivity contribution in [3.05, 3.63) is 0 Å². The molecule has 1 radical (unpaired) electrons. The molecule has 0 amide bonds. The maximum absolute atomic E-state index is 10.5. The van der Waals surface area contributed by atoms with Crippen molar-refractivity contribution in [2.24, 2.45) is 0 Å². The van der Waals surface area contributed by atoms with Crippen LogP contribution in [0.3, 0.4) is 0 Å². The largest absolute Gasteiger partial charge is 0.236 e. The minimum absolute atomic E-state index is 0.0719. The second-order valence-corrected chi connectivity index (χ2v) is 6.58. The third-order valence-electron chi connectivity index (χ3n) is 3.13. The van der Waals surface area contributed by atoms with Gasteiger partial charge in [-0.25, -0.2) is 5.11 Å². The van der Waals surface area contributed by atoms with Gasteiger partial charge in [-0.05, 0) is 12.2 Å². The van der Waals surface area contributed by atoms with Crippen molar-refractivity contribution < 1.29 is 5.11 Å². The molecule has 1 unspecified atom stereocenters. The predicted molar refractivity (Wildman–Crippen MR) is 79.3 cm³/mol. The Morgan fingerprint density at radius 3 is 1.76 bits per heavy atom. The molecule has 1 nitrogen and oxygen atoms in total. The Bertz CT molecular complexity index is 139. The van der Waals surface area contributed by atoms with Crippen LogP contribution < -0.4 is 0 Å². The Kier molecular flexibility index (Phi) is 14.6.